The van der Waals surface area contributed by atoms with Crippen molar-refractivity contribution >= 4 is 5.91 Å². The molecule has 2 rings (SSSR count). The molecule has 16 heavy (non-hydrogen) atoms. The van der Waals surface area contributed by atoms with Crippen LogP contribution in [-0.2, 0) is 0 Å². The van der Waals surface area contributed by atoms with Gasteiger partial charge in [-0.15, -0.1) is 0 Å². The summed E-state index contributed by atoms with van der Waals surface area (Å²) in [6, 6.07) is 2.60. The van der Waals surface area contributed by atoms with Crippen LogP contribution in [0.2, 0.25) is 0 Å². The lowest BCUT2D eigenvalue weighted by atomic mass is 10.1. The number of aromatic nitrogens is 1. The summed E-state index contributed by atoms with van der Waals surface area (Å²) < 4.78 is 12.6. The average Bonchev–Trinajstić information content (AvgIpc) is 2.77. The topological polar surface area (TPSA) is 53.4 Å². The smallest absolute Gasteiger partial charge is 0.255 e. The Kier molecular flexibility index (Phi) is 3.14. The van der Waals surface area contributed by atoms with Crippen molar-refractivity contribution in [1.82, 2.24) is 9.88 Å². The van der Waals surface area contributed by atoms with Gasteiger partial charge < -0.3 is 10.0 Å². The second-order valence-corrected chi connectivity index (χ2v) is 3.96. The molecule has 1 amide bonds. The van der Waals surface area contributed by atoms with E-state index < -0.39 is 5.95 Å². The molecule has 1 aliphatic heterocycles. The molecule has 1 aromatic rings. The van der Waals surface area contributed by atoms with Gasteiger partial charge in [0.05, 0.1) is 5.56 Å². The van der Waals surface area contributed by atoms with E-state index in [1.165, 1.54) is 18.3 Å². The fourth-order valence-electron chi connectivity index (χ4n) is 1.85. The molecule has 1 aliphatic rings. The number of amides is 1. The number of rotatable bonds is 2. The third kappa shape index (κ3) is 2.19. The number of halogens is 1. The van der Waals surface area contributed by atoms with Crippen LogP contribution in [0.25, 0.3) is 0 Å². The number of nitrogens with zero attached hydrogens (tertiary/aromatic N) is 2. The maximum absolute atomic E-state index is 12.6. The number of likely N-dealkylation sites (tertiary alicyclic amines) is 1. The lowest BCUT2D eigenvalue weighted by Crippen LogP contribution is -2.29. The maximum Gasteiger partial charge on any atom is 0.255 e. The van der Waals surface area contributed by atoms with Crippen molar-refractivity contribution in [2.75, 3.05) is 19.7 Å². The van der Waals surface area contributed by atoms with Gasteiger partial charge in [-0.2, -0.15) is 4.39 Å². The predicted octanol–water partition coefficient (Wildman–Crippen LogP) is 0.675. The number of hydrogen-bond donors (Lipinski definition) is 1. The molecule has 0 aromatic carbocycles. The van der Waals surface area contributed by atoms with Gasteiger partial charge in [0.15, 0.2) is 0 Å². The lowest BCUT2D eigenvalue weighted by molar-refractivity contribution is 0.0781. The second-order valence-electron chi connectivity index (χ2n) is 3.96. The molecule has 1 atom stereocenters. The van der Waals surface area contributed by atoms with Crippen molar-refractivity contribution in [3.05, 3.63) is 29.8 Å². The highest BCUT2D eigenvalue weighted by molar-refractivity contribution is 5.94. The molecule has 2 heterocycles. The zero-order valence-electron chi connectivity index (χ0n) is 8.77. The molecule has 1 aromatic heterocycles. The molecule has 1 saturated heterocycles. The molecule has 0 bridgehead atoms. The Labute approximate surface area is 92.7 Å². The molecular weight excluding hydrogens is 211 g/mol. The molecule has 0 aliphatic carbocycles. The number of carbonyl (C=O) groups excluding carboxylic acids is 1. The minimum Gasteiger partial charge on any atom is -0.396 e. The standard InChI is InChI=1S/C11H13FN2O2/c12-10-2-1-9(5-13-10)11(16)14-4-3-8(6-14)7-15/h1-2,5,8,15H,3-4,6-7H2. The normalized spacial score (nSPS) is 20.1. The van der Waals surface area contributed by atoms with Gasteiger partial charge in [0.1, 0.15) is 0 Å². The van der Waals surface area contributed by atoms with Gasteiger partial charge in [-0.3, -0.25) is 4.79 Å². The van der Waals surface area contributed by atoms with E-state index in [0.717, 1.165) is 6.42 Å². The van der Waals surface area contributed by atoms with Crippen molar-refractivity contribution in [3.8, 4) is 0 Å². The Morgan fingerprint density at radius 2 is 2.44 bits per heavy atom. The van der Waals surface area contributed by atoms with Gasteiger partial charge in [0.2, 0.25) is 5.95 Å². The lowest BCUT2D eigenvalue weighted by Gasteiger charge is -2.15. The zero-order valence-corrected chi connectivity index (χ0v) is 8.77. The molecular formula is C11H13FN2O2. The Hall–Kier alpha value is -1.49. The zero-order chi connectivity index (χ0) is 11.5. The summed E-state index contributed by atoms with van der Waals surface area (Å²) in [5, 5.41) is 8.97. The average molecular weight is 224 g/mol. The summed E-state index contributed by atoms with van der Waals surface area (Å²) in [7, 11) is 0. The molecule has 0 spiro atoms. The van der Waals surface area contributed by atoms with Crippen LogP contribution in [0.4, 0.5) is 4.39 Å². The van der Waals surface area contributed by atoms with Crippen LogP contribution < -0.4 is 0 Å². The maximum atomic E-state index is 12.6. The van der Waals surface area contributed by atoms with Crippen LogP contribution in [0.3, 0.4) is 0 Å². The fourth-order valence-corrected chi connectivity index (χ4v) is 1.85. The van der Waals surface area contributed by atoms with E-state index in [9.17, 15) is 9.18 Å². The molecule has 0 radical (unpaired) electrons. The van der Waals surface area contributed by atoms with Crippen LogP contribution in [0, 0.1) is 11.9 Å². The third-order valence-electron chi connectivity index (χ3n) is 2.81. The van der Waals surface area contributed by atoms with Crippen LogP contribution >= 0.6 is 0 Å². The largest absolute Gasteiger partial charge is 0.396 e. The first-order chi connectivity index (χ1) is 7.70. The van der Waals surface area contributed by atoms with Crippen molar-refractivity contribution in [3.63, 3.8) is 0 Å². The van der Waals surface area contributed by atoms with Gasteiger partial charge in [-0.05, 0) is 18.6 Å². The van der Waals surface area contributed by atoms with E-state index in [-0.39, 0.29) is 18.4 Å². The van der Waals surface area contributed by atoms with Crippen molar-refractivity contribution in [2.24, 2.45) is 5.92 Å². The van der Waals surface area contributed by atoms with Gasteiger partial charge in [0, 0.05) is 31.8 Å². The first kappa shape index (κ1) is 11.0. The minimum absolute atomic E-state index is 0.103. The molecule has 1 N–H and O–H groups in total. The van der Waals surface area contributed by atoms with Gasteiger partial charge >= 0.3 is 0 Å². The summed E-state index contributed by atoms with van der Waals surface area (Å²) in [4.78, 5) is 17.0. The predicted molar refractivity (Wildman–Crippen MR) is 55.3 cm³/mol. The Morgan fingerprint density at radius 3 is 3.00 bits per heavy atom. The minimum atomic E-state index is -0.591. The number of hydrogen-bond acceptors (Lipinski definition) is 3. The molecule has 1 unspecified atom stereocenters. The Morgan fingerprint density at radius 1 is 1.62 bits per heavy atom. The molecule has 4 nitrogen and oxygen atoms in total. The summed E-state index contributed by atoms with van der Waals surface area (Å²) in [5.41, 5.74) is 0.389. The summed E-state index contributed by atoms with van der Waals surface area (Å²) in [6.07, 6.45) is 2.06. The number of pyridine rings is 1. The van der Waals surface area contributed by atoms with Crippen LogP contribution in [0.15, 0.2) is 18.3 Å². The van der Waals surface area contributed by atoms with Crippen molar-refractivity contribution in [1.29, 1.82) is 0 Å². The third-order valence-corrected chi connectivity index (χ3v) is 2.81. The molecule has 1 fully saturated rings. The summed E-state index contributed by atoms with van der Waals surface area (Å²) in [5.74, 6) is -0.577. The van der Waals surface area contributed by atoms with Gasteiger partial charge in [0.25, 0.3) is 5.91 Å². The molecule has 86 valence electrons. The first-order valence-electron chi connectivity index (χ1n) is 5.22. The van der Waals surface area contributed by atoms with E-state index >= 15 is 0 Å². The summed E-state index contributed by atoms with van der Waals surface area (Å²) in [6.45, 7) is 1.31. The monoisotopic (exact) mass is 224 g/mol. The number of carbonyl (C=O) groups is 1. The quantitative estimate of drug-likeness (QED) is 0.751. The van der Waals surface area contributed by atoms with Crippen molar-refractivity contribution in [2.45, 2.75) is 6.42 Å². The number of aliphatic hydroxyl groups excluding tert-OH is 1. The SMILES string of the molecule is O=C(c1ccc(F)nc1)N1CCC(CO)C1. The van der Waals surface area contributed by atoms with Crippen LogP contribution in [0.5, 0.6) is 0 Å². The molecule has 0 saturated carbocycles. The van der Waals surface area contributed by atoms with Crippen LogP contribution in [0.1, 0.15) is 16.8 Å². The first-order valence-corrected chi connectivity index (χ1v) is 5.22. The van der Waals surface area contributed by atoms with Gasteiger partial charge in [-0.1, -0.05) is 0 Å². The number of aliphatic hydroxyl groups is 1. The van der Waals surface area contributed by atoms with Crippen molar-refractivity contribution < 1.29 is 14.3 Å². The van der Waals surface area contributed by atoms with Crippen LogP contribution in [-0.4, -0.2) is 40.6 Å². The highest BCUT2D eigenvalue weighted by atomic mass is 19.1. The molecule has 5 heteroatoms. The Balaban J connectivity index is 2.05. The Bertz CT molecular complexity index is 380. The van der Waals surface area contributed by atoms with Gasteiger partial charge in [-0.25, -0.2) is 4.98 Å². The fraction of sp³-hybridized carbons (Fsp3) is 0.455. The second kappa shape index (κ2) is 4.57. The highest BCUT2D eigenvalue weighted by Gasteiger charge is 2.26. The van der Waals surface area contributed by atoms with E-state index in [1.54, 1.807) is 4.90 Å². The van der Waals surface area contributed by atoms with E-state index in [0.29, 0.717) is 18.7 Å². The van der Waals surface area contributed by atoms with E-state index in [1.807, 2.05) is 0 Å². The highest BCUT2D eigenvalue weighted by Crippen LogP contribution is 2.17. The summed E-state index contributed by atoms with van der Waals surface area (Å²) >= 11 is 0. The van der Waals surface area contributed by atoms with E-state index in [4.69, 9.17) is 5.11 Å². The van der Waals surface area contributed by atoms with E-state index in [2.05, 4.69) is 4.98 Å².